The highest BCUT2D eigenvalue weighted by molar-refractivity contribution is 7.22. The first-order valence-electron chi connectivity index (χ1n) is 11.1. The molecule has 0 spiro atoms. The predicted molar refractivity (Wildman–Crippen MR) is 133 cm³/mol. The Kier molecular flexibility index (Phi) is 9.43. The van der Waals surface area contributed by atoms with E-state index in [-0.39, 0.29) is 24.1 Å². The van der Waals surface area contributed by atoms with Crippen LogP contribution in [0.25, 0.3) is 10.2 Å². The average Bonchev–Trinajstić information content (AvgIpc) is 3.26. The number of anilines is 1. The molecule has 3 aromatic rings. The number of carbonyl (C=O) groups excluding carboxylic acids is 1. The molecule has 0 N–H and O–H groups in total. The number of unbranched alkanes of at least 4 members (excludes halogenated alkanes) is 1. The molecule has 33 heavy (non-hydrogen) atoms. The van der Waals surface area contributed by atoms with Gasteiger partial charge in [-0.2, -0.15) is 0 Å². The highest BCUT2D eigenvalue weighted by Gasteiger charge is 2.23. The van der Waals surface area contributed by atoms with E-state index in [0.717, 1.165) is 36.4 Å². The highest BCUT2D eigenvalue weighted by atomic mass is 35.5. The summed E-state index contributed by atoms with van der Waals surface area (Å²) < 4.78 is 26.1. The molecule has 1 saturated heterocycles. The van der Waals surface area contributed by atoms with Crippen LogP contribution >= 0.6 is 23.7 Å². The lowest BCUT2D eigenvalue weighted by atomic mass is 10.2. The minimum Gasteiger partial charge on any atom is -0.494 e. The summed E-state index contributed by atoms with van der Waals surface area (Å²) in [6.07, 6.45) is 2.06. The second kappa shape index (κ2) is 12.3. The first-order chi connectivity index (χ1) is 15.7. The number of benzene rings is 2. The summed E-state index contributed by atoms with van der Waals surface area (Å²) in [4.78, 5) is 21.9. The molecule has 1 aromatic heterocycles. The van der Waals surface area contributed by atoms with Crippen LogP contribution in [0.1, 0.15) is 30.1 Å². The van der Waals surface area contributed by atoms with E-state index < -0.39 is 0 Å². The molecule has 0 atom stereocenters. The fourth-order valence-electron chi connectivity index (χ4n) is 3.55. The average molecular weight is 494 g/mol. The third-order valence-electron chi connectivity index (χ3n) is 5.45. The Morgan fingerprint density at radius 2 is 1.97 bits per heavy atom. The minimum atomic E-state index is -0.376. The molecule has 0 saturated carbocycles. The zero-order valence-corrected chi connectivity index (χ0v) is 20.3. The number of fused-ring (bicyclic) bond motifs is 1. The van der Waals surface area contributed by atoms with E-state index in [1.165, 1.54) is 17.4 Å². The van der Waals surface area contributed by atoms with Crippen molar-refractivity contribution in [2.45, 2.75) is 19.8 Å². The molecular weight excluding hydrogens is 465 g/mol. The van der Waals surface area contributed by atoms with Crippen molar-refractivity contribution >= 4 is 45.0 Å². The topological polar surface area (TPSA) is 54.9 Å². The fraction of sp³-hybridized carbons (Fsp3) is 0.417. The van der Waals surface area contributed by atoms with E-state index in [9.17, 15) is 9.18 Å². The van der Waals surface area contributed by atoms with Crippen LogP contribution in [-0.4, -0.2) is 61.8 Å². The van der Waals surface area contributed by atoms with Crippen molar-refractivity contribution < 1.29 is 18.7 Å². The molecule has 0 radical (unpaired) electrons. The van der Waals surface area contributed by atoms with Gasteiger partial charge in [-0.1, -0.05) is 30.7 Å². The van der Waals surface area contributed by atoms with Gasteiger partial charge in [-0.25, -0.2) is 9.37 Å². The van der Waals surface area contributed by atoms with Crippen LogP contribution in [0.4, 0.5) is 9.52 Å². The molecule has 6 nitrogen and oxygen atoms in total. The Balaban J connectivity index is 0.00000306. The molecule has 1 amide bonds. The molecule has 9 heteroatoms. The number of nitrogens with zero attached hydrogens (tertiary/aromatic N) is 3. The zero-order valence-electron chi connectivity index (χ0n) is 18.7. The number of carbonyl (C=O) groups is 1. The van der Waals surface area contributed by atoms with Gasteiger partial charge in [0.25, 0.3) is 5.91 Å². The maximum Gasteiger partial charge on any atom is 0.260 e. The lowest BCUT2D eigenvalue weighted by Gasteiger charge is -2.29. The summed E-state index contributed by atoms with van der Waals surface area (Å²) in [7, 11) is 0. The molecule has 178 valence electrons. The molecule has 2 aromatic carbocycles. The summed E-state index contributed by atoms with van der Waals surface area (Å²) in [6.45, 7) is 7.00. The minimum absolute atomic E-state index is 0. The smallest absolute Gasteiger partial charge is 0.260 e. The zero-order chi connectivity index (χ0) is 22.3. The number of halogens is 2. The van der Waals surface area contributed by atoms with Gasteiger partial charge in [0.2, 0.25) is 0 Å². The maximum atomic E-state index is 14.2. The predicted octanol–water partition coefficient (Wildman–Crippen LogP) is 5.02. The lowest BCUT2D eigenvalue weighted by Crippen LogP contribution is -2.43. The third kappa shape index (κ3) is 6.41. The second-order valence-corrected chi connectivity index (χ2v) is 8.73. The first kappa shape index (κ1) is 25.4. The van der Waals surface area contributed by atoms with Crippen molar-refractivity contribution in [2.75, 3.05) is 50.9 Å². The third-order valence-corrected chi connectivity index (χ3v) is 6.49. The van der Waals surface area contributed by atoms with Crippen molar-refractivity contribution in [3.05, 3.63) is 53.8 Å². The van der Waals surface area contributed by atoms with Crippen molar-refractivity contribution in [1.82, 2.24) is 9.88 Å². The van der Waals surface area contributed by atoms with E-state index in [4.69, 9.17) is 9.47 Å². The Morgan fingerprint density at radius 1 is 1.21 bits per heavy atom. The van der Waals surface area contributed by atoms with Crippen LogP contribution in [0, 0.1) is 5.82 Å². The SMILES string of the molecule is CCCCOc1ccc(C(=O)N(CCN2CCOCC2)c2nc3c(F)cccc3s2)cc1.Cl. The molecule has 2 heterocycles. The van der Waals surface area contributed by atoms with Crippen LogP contribution in [0.3, 0.4) is 0 Å². The largest absolute Gasteiger partial charge is 0.494 e. The molecule has 1 fully saturated rings. The van der Waals surface area contributed by atoms with Crippen LogP contribution in [0.15, 0.2) is 42.5 Å². The van der Waals surface area contributed by atoms with Crippen molar-refractivity contribution in [1.29, 1.82) is 0 Å². The molecule has 1 aliphatic heterocycles. The number of rotatable bonds is 9. The molecular formula is C24H29ClFN3O3S. The highest BCUT2D eigenvalue weighted by Crippen LogP contribution is 2.31. The number of aromatic nitrogens is 1. The van der Waals surface area contributed by atoms with E-state index in [1.807, 2.05) is 18.2 Å². The van der Waals surface area contributed by atoms with E-state index in [0.29, 0.717) is 49.1 Å². The first-order valence-corrected chi connectivity index (χ1v) is 11.9. The van der Waals surface area contributed by atoms with Gasteiger partial charge in [0, 0.05) is 31.7 Å². The number of morpholine rings is 1. The molecule has 0 aliphatic carbocycles. The number of ether oxygens (including phenoxy) is 2. The van der Waals surface area contributed by atoms with E-state index in [1.54, 1.807) is 23.1 Å². The molecule has 0 bridgehead atoms. The maximum absolute atomic E-state index is 14.2. The van der Waals surface area contributed by atoms with Gasteiger partial charge in [-0.3, -0.25) is 14.6 Å². The Morgan fingerprint density at radius 3 is 2.67 bits per heavy atom. The summed E-state index contributed by atoms with van der Waals surface area (Å²) in [5, 5.41) is 0.506. The quantitative estimate of drug-likeness (QED) is 0.392. The van der Waals surface area contributed by atoms with Gasteiger partial charge in [0.1, 0.15) is 17.1 Å². The molecule has 4 rings (SSSR count). The van der Waals surface area contributed by atoms with E-state index >= 15 is 0 Å². The van der Waals surface area contributed by atoms with Gasteiger partial charge >= 0.3 is 0 Å². The standard InChI is InChI=1S/C24H28FN3O3S.ClH/c1-2-3-15-31-19-9-7-18(8-10-19)23(29)28(12-11-27-13-16-30-17-14-27)24-26-22-20(25)5-4-6-21(22)32-24;/h4-10H,2-3,11-17H2,1H3;1H. The van der Waals surface area contributed by atoms with Crippen LogP contribution in [-0.2, 0) is 4.74 Å². The van der Waals surface area contributed by atoms with Gasteiger partial charge in [-0.05, 0) is 42.8 Å². The summed E-state index contributed by atoms with van der Waals surface area (Å²) in [5.41, 5.74) is 0.853. The fourth-order valence-corrected chi connectivity index (χ4v) is 4.56. The Hall–Kier alpha value is -2.26. The number of amides is 1. The normalized spacial score (nSPS) is 14.1. The Bertz CT molecular complexity index is 1040. The summed E-state index contributed by atoms with van der Waals surface area (Å²) in [5.74, 6) is 0.217. The van der Waals surface area contributed by atoms with Crippen molar-refractivity contribution in [3.63, 3.8) is 0 Å². The second-order valence-electron chi connectivity index (χ2n) is 7.72. The van der Waals surface area contributed by atoms with Crippen LogP contribution in [0.5, 0.6) is 5.75 Å². The number of hydrogen-bond donors (Lipinski definition) is 0. The Labute approximate surface area is 203 Å². The van der Waals surface area contributed by atoms with Gasteiger partial charge in [-0.15, -0.1) is 12.4 Å². The number of para-hydroxylation sites is 1. The van der Waals surface area contributed by atoms with Gasteiger partial charge < -0.3 is 9.47 Å². The van der Waals surface area contributed by atoms with Crippen LogP contribution in [0.2, 0.25) is 0 Å². The summed E-state index contributed by atoms with van der Waals surface area (Å²) in [6, 6.07) is 12.1. The van der Waals surface area contributed by atoms with Crippen molar-refractivity contribution in [2.24, 2.45) is 0 Å². The molecule has 0 unspecified atom stereocenters. The number of hydrogen-bond acceptors (Lipinski definition) is 6. The summed E-state index contributed by atoms with van der Waals surface area (Å²) >= 11 is 1.33. The van der Waals surface area contributed by atoms with E-state index in [2.05, 4.69) is 16.8 Å². The van der Waals surface area contributed by atoms with Crippen LogP contribution < -0.4 is 9.64 Å². The van der Waals surface area contributed by atoms with Gasteiger partial charge in [0.05, 0.1) is 24.5 Å². The number of thiazole rings is 1. The lowest BCUT2D eigenvalue weighted by molar-refractivity contribution is 0.0391. The van der Waals surface area contributed by atoms with Crippen molar-refractivity contribution in [3.8, 4) is 5.75 Å². The van der Waals surface area contributed by atoms with Gasteiger partial charge in [0.15, 0.2) is 5.13 Å². The monoisotopic (exact) mass is 493 g/mol. The molecule has 1 aliphatic rings.